The van der Waals surface area contributed by atoms with Crippen molar-refractivity contribution in [3.05, 3.63) is 41.0 Å². The first-order valence-electron chi connectivity index (χ1n) is 12.8. The maximum Gasteiger partial charge on any atom is 0.451 e. The van der Waals surface area contributed by atoms with Gasteiger partial charge in [-0.2, -0.15) is 18.3 Å². The van der Waals surface area contributed by atoms with Gasteiger partial charge in [0, 0.05) is 52.2 Å². The van der Waals surface area contributed by atoms with Crippen LogP contribution in [0.25, 0.3) is 11.0 Å². The third-order valence-corrected chi connectivity index (χ3v) is 7.18. The minimum atomic E-state index is -4.77. The molecule has 39 heavy (non-hydrogen) atoms. The van der Waals surface area contributed by atoms with E-state index < -0.39 is 18.1 Å². The fourth-order valence-corrected chi connectivity index (χ4v) is 5.10. The zero-order valence-corrected chi connectivity index (χ0v) is 21.4. The normalized spacial score (nSPS) is 17.7. The van der Waals surface area contributed by atoms with Gasteiger partial charge in [0.05, 0.1) is 6.10 Å². The van der Waals surface area contributed by atoms with Gasteiger partial charge < -0.3 is 20.6 Å². The Bertz CT molecular complexity index is 1340. The number of rotatable bonds is 7. The molecule has 1 fully saturated rings. The second-order valence-corrected chi connectivity index (χ2v) is 10.0. The SMILES string of the molecule is CC(=O)N1CCC(Nc2nc(C(F)(F)F)nc3c(NC[C@H](O)CN4CCc5cc(F)ccc5C4)n[nH]c23)CC1. The van der Waals surface area contributed by atoms with E-state index >= 15 is 0 Å². The molecule has 2 aliphatic heterocycles. The molecule has 1 amide bonds. The lowest BCUT2D eigenvalue weighted by Gasteiger charge is -2.32. The van der Waals surface area contributed by atoms with Crippen LogP contribution in [0.15, 0.2) is 18.2 Å². The number of H-pyrrole nitrogens is 1. The smallest absolute Gasteiger partial charge is 0.390 e. The number of hydrogen-bond acceptors (Lipinski definition) is 8. The number of benzene rings is 1. The van der Waals surface area contributed by atoms with Crippen molar-refractivity contribution in [3.63, 3.8) is 0 Å². The number of aromatic nitrogens is 4. The van der Waals surface area contributed by atoms with E-state index in [2.05, 4.69) is 30.8 Å². The van der Waals surface area contributed by atoms with Crippen LogP contribution in [0, 0.1) is 5.82 Å². The predicted molar refractivity (Wildman–Crippen MR) is 135 cm³/mol. The van der Waals surface area contributed by atoms with Crippen LogP contribution >= 0.6 is 0 Å². The summed E-state index contributed by atoms with van der Waals surface area (Å²) >= 11 is 0. The summed E-state index contributed by atoms with van der Waals surface area (Å²) in [5, 5.41) is 23.4. The average Bonchev–Trinajstić information content (AvgIpc) is 3.31. The molecular formula is C25H30F4N8O2. The van der Waals surface area contributed by atoms with Crippen molar-refractivity contribution in [1.29, 1.82) is 0 Å². The number of carbonyl (C=O) groups is 1. The van der Waals surface area contributed by atoms with Gasteiger partial charge in [-0.25, -0.2) is 14.4 Å². The Balaban J connectivity index is 1.26. The van der Waals surface area contributed by atoms with E-state index in [4.69, 9.17) is 0 Å². The number of aromatic amines is 1. The Labute approximate surface area is 221 Å². The Morgan fingerprint density at radius 3 is 2.67 bits per heavy atom. The predicted octanol–water partition coefficient (Wildman–Crippen LogP) is 2.76. The van der Waals surface area contributed by atoms with Gasteiger partial charge in [0.15, 0.2) is 11.6 Å². The number of β-amino-alcohol motifs (C(OH)–C–C–N with tert-alkyl or cyclic N) is 1. The summed E-state index contributed by atoms with van der Waals surface area (Å²) in [4.78, 5) is 22.8. The molecule has 0 unspecified atom stereocenters. The van der Waals surface area contributed by atoms with Gasteiger partial charge in [-0.1, -0.05) is 6.07 Å². The number of nitrogens with one attached hydrogen (secondary N) is 3. The topological polar surface area (TPSA) is 122 Å². The third kappa shape index (κ3) is 6.22. The highest BCUT2D eigenvalue weighted by molar-refractivity contribution is 5.93. The third-order valence-electron chi connectivity index (χ3n) is 7.18. The summed E-state index contributed by atoms with van der Waals surface area (Å²) in [5.41, 5.74) is 2.14. The lowest BCUT2D eigenvalue weighted by molar-refractivity contribution is -0.144. The first-order valence-corrected chi connectivity index (χ1v) is 12.8. The molecule has 1 aromatic carbocycles. The summed E-state index contributed by atoms with van der Waals surface area (Å²) in [6.07, 6.45) is -3.82. The summed E-state index contributed by atoms with van der Waals surface area (Å²) in [6.45, 7) is 4.06. The van der Waals surface area contributed by atoms with E-state index in [0.717, 1.165) is 11.1 Å². The Kier molecular flexibility index (Phi) is 7.58. The van der Waals surface area contributed by atoms with Gasteiger partial charge in [0.1, 0.15) is 16.9 Å². The highest BCUT2D eigenvalue weighted by Crippen LogP contribution is 2.32. The van der Waals surface area contributed by atoms with Gasteiger partial charge in [0.25, 0.3) is 0 Å². The van der Waals surface area contributed by atoms with E-state index in [9.17, 15) is 27.5 Å². The van der Waals surface area contributed by atoms with E-state index in [1.54, 1.807) is 11.0 Å². The average molecular weight is 551 g/mol. The molecule has 1 atom stereocenters. The van der Waals surface area contributed by atoms with Crippen molar-refractivity contribution in [2.45, 2.75) is 51.1 Å². The number of fused-ring (bicyclic) bond motifs is 2. The van der Waals surface area contributed by atoms with Crippen molar-refractivity contribution in [1.82, 2.24) is 30.0 Å². The number of amides is 1. The van der Waals surface area contributed by atoms with Crippen LogP contribution in [0.1, 0.15) is 36.7 Å². The number of likely N-dealkylation sites (tertiary alicyclic amines) is 1. The molecule has 2 aliphatic rings. The number of anilines is 2. The molecule has 1 saturated heterocycles. The number of nitrogens with zero attached hydrogens (tertiary/aromatic N) is 5. The van der Waals surface area contributed by atoms with Crippen LogP contribution < -0.4 is 10.6 Å². The zero-order chi connectivity index (χ0) is 27.7. The first kappa shape index (κ1) is 27.1. The van der Waals surface area contributed by atoms with Crippen molar-refractivity contribution in [3.8, 4) is 0 Å². The van der Waals surface area contributed by atoms with Crippen molar-refractivity contribution in [2.24, 2.45) is 0 Å². The van der Waals surface area contributed by atoms with Crippen LogP contribution in [0.2, 0.25) is 0 Å². The Hall–Kier alpha value is -3.52. The van der Waals surface area contributed by atoms with Gasteiger partial charge in [-0.3, -0.25) is 14.8 Å². The molecule has 2 aromatic heterocycles. The zero-order valence-electron chi connectivity index (χ0n) is 21.4. The van der Waals surface area contributed by atoms with Gasteiger partial charge in [0.2, 0.25) is 11.7 Å². The molecule has 0 bridgehead atoms. The van der Waals surface area contributed by atoms with Gasteiger partial charge in [-0.15, -0.1) is 0 Å². The first-order chi connectivity index (χ1) is 18.6. The molecule has 0 spiro atoms. The van der Waals surface area contributed by atoms with Gasteiger partial charge in [-0.05, 0) is 42.5 Å². The molecule has 0 aliphatic carbocycles. The second-order valence-electron chi connectivity index (χ2n) is 10.0. The van der Waals surface area contributed by atoms with Crippen LogP contribution in [0.5, 0.6) is 0 Å². The van der Waals surface area contributed by atoms with Crippen molar-refractivity contribution >= 4 is 28.6 Å². The Morgan fingerprint density at radius 2 is 1.95 bits per heavy atom. The van der Waals surface area contributed by atoms with Crippen molar-refractivity contribution < 1.29 is 27.5 Å². The standard InChI is InChI=1S/C25H30F4N8O2/c1-14(38)37-8-5-18(6-9-37)31-23-21-20(32-24(33-23)25(27,28)29)22(35-34-21)30-11-19(39)13-36-7-4-15-10-17(26)3-2-16(15)12-36/h2-3,10,18-19,39H,4-9,11-13H2,1H3,(H2,30,34,35)(H,31,32,33)/t19-/m0/s1. The van der Waals surface area contributed by atoms with Gasteiger partial charge >= 0.3 is 6.18 Å². The summed E-state index contributed by atoms with van der Waals surface area (Å²) < 4.78 is 54.4. The van der Waals surface area contributed by atoms with E-state index in [1.165, 1.54) is 19.1 Å². The molecule has 3 aromatic rings. The maximum absolute atomic E-state index is 13.6. The number of aliphatic hydroxyl groups is 1. The lowest BCUT2D eigenvalue weighted by Crippen LogP contribution is -2.41. The number of halogens is 4. The molecular weight excluding hydrogens is 520 g/mol. The molecule has 10 nitrogen and oxygen atoms in total. The van der Waals surface area contributed by atoms with E-state index in [1.807, 2.05) is 4.90 Å². The van der Waals surface area contributed by atoms with Crippen LogP contribution in [-0.4, -0.2) is 85.8 Å². The molecule has 210 valence electrons. The van der Waals surface area contributed by atoms with Crippen molar-refractivity contribution in [2.75, 3.05) is 43.4 Å². The lowest BCUT2D eigenvalue weighted by atomic mass is 9.99. The number of piperidine rings is 1. The number of carbonyl (C=O) groups excluding carboxylic acids is 1. The molecule has 4 heterocycles. The van der Waals surface area contributed by atoms with E-state index in [0.29, 0.717) is 52.0 Å². The fourth-order valence-electron chi connectivity index (χ4n) is 5.10. The maximum atomic E-state index is 13.6. The molecule has 14 heteroatoms. The number of hydrogen-bond donors (Lipinski definition) is 4. The fraction of sp³-hybridized carbons (Fsp3) is 0.520. The largest absolute Gasteiger partial charge is 0.451 e. The number of aliphatic hydroxyl groups excluding tert-OH is 1. The summed E-state index contributed by atoms with van der Waals surface area (Å²) in [5.74, 6) is -1.55. The minimum Gasteiger partial charge on any atom is -0.390 e. The van der Waals surface area contributed by atoms with Crippen LogP contribution in [0.4, 0.5) is 29.2 Å². The summed E-state index contributed by atoms with van der Waals surface area (Å²) in [7, 11) is 0. The van der Waals surface area contributed by atoms with Crippen LogP contribution in [-0.2, 0) is 23.9 Å². The Morgan fingerprint density at radius 1 is 1.18 bits per heavy atom. The minimum absolute atomic E-state index is 0.0156. The highest BCUT2D eigenvalue weighted by atomic mass is 19.4. The molecule has 5 rings (SSSR count). The molecule has 0 saturated carbocycles. The summed E-state index contributed by atoms with van der Waals surface area (Å²) in [6, 6.07) is 4.52. The highest BCUT2D eigenvalue weighted by Gasteiger charge is 2.37. The molecule has 4 N–H and O–H groups in total. The second kappa shape index (κ2) is 10.9. The molecule has 0 radical (unpaired) electrons. The number of alkyl halides is 3. The van der Waals surface area contributed by atoms with Crippen LogP contribution in [0.3, 0.4) is 0 Å². The monoisotopic (exact) mass is 550 g/mol. The van der Waals surface area contributed by atoms with E-state index in [-0.39, 0.29) is 47.0 Å². The quantitative estimate of drug-likeness (QED) is 0.332.